The zero-order chi connectivity index (χ0) is 17.6. The number of para-hydroxylation sites is 2. The zero-order valence-corrected chi connectivity index (χ0v) is 14.3. The number of amides is 1. The number of nitrogens with zero attached hydrogens (tertiary/aromatic N) is 1. The van der Waals surface area contributed by atoms with E-state index in [0.717, 1.165) is 5.69 Å². The summed E-state index contributed by atoms with van der Waals surface area (Å²) in [5.41, 5.74) is 3.04. The number of aromatic nitrogens is 1. The van der Waals surface area contributed by atoms with E-state index in [-0.39, 0.29) is 11.3 Å². The lowest BCUT2D eigenvalue weighted by atomic mass is 9.90. The monoisotopic (exact) mass is 332 g/mol. The van der Waals surface area contributed by atoms with E-state index in [1.54, 1.807) is 11.0 Å². The second kappa shape index (κ2) is 5.88. The molecule has 0 spiro atoms. The van der Waals surface area contributed by atoms with Crippen molar-refractivity contribution in [2.45, 2.75) is 19.8 Å². The minimum atomic E-state index is -0.154. The molecule has 0 bridgehead atoms. The summed E-state index contributed by atoms with van der Waals surface area (Å²) in [4.78, 5) is 30.4. The molecule has 4 nitrogen and oxygen atoms in total. The predicted octanol–water partition coefficient (Wildman–Crippen LogP) is 3.93. The number of fused-ring (bicyclic) bond motifs is 2. The van der Waals surface area contributed by atoms with E-state index in [9.17, 15) is 9.59 Å². The van der Waals surface area contributed by atoms with Gasteiger partial charge in [0, 0.05) is 35.1 Å². The number of pyridine rings is 1. The maximum atomic E-state index is 13.1. The molecule has 4 rings (SSSR count). The number of rotatable bonds is 2. The van der Waals surface area contributed by atoms with Crippen molar-refractivity contribution in [3.05, 3.63) is 76.1 Å². The highest BCUT2D eigenvalue weighted by atomic mass is 16.2. The van der Waals surface area contributed by atoms with Gasteiger partial charge in [0.05, 0.1) is 0 Å². The molecule has 0 saturated carbocycles. The molecule has 1 aromatic heterocycles. The van der Waals surface area contributed by atoms with Crippen LogP contribution in [-0.2, 0) is 0 Å². The molecule has 1 N–H and O–H groups in total. The molecule has 0 unspecified atom stereocenters. The number of nitrogens with one attached hydrogen (secondary N) is 1. The molecule has 3 aromatic rings. The molecule has 126 valence electrons. The summed E-state index contributed by atoms with van der Waals surface area (Å²) < 4.78 is 0. The molecule has 1 atom stereocenters. The molecule has 25 heavy (non-hydrogen) atoms. The van der Waals surface area contributed by atoms with Crippen molar-refractivity contribution in [2.24, 2.45) is 5.92 Å². The van der Waals surface area contributed by atoms with Crippen LogP contribution in [0.2, 0.25) is 0 Å². The first-order chi connectivity index (χ1) is 12.1. The van der Waals surface area contributed by atoms with Crippen molar-refractivity contribution >= 4 is 22.5 Å². The quantitative estimate of drug-likeness (QED) is 0.773. The first kappa shape index (κ1) is 15.6. The van der Waals surface area contributed by atoms with Gasteiger partial charge in [-0.05, 0) is 29.7 Å². The van der Waals surface area contributed by atoms with E-state index in [1.807, 2.05) is 36.4 Å². The van der Waals surface area contributed by atoms with Gasteiger partial charge in [-0.3, -0.25) is 9.59 Å². The third-order valence-electron chi connectivity index (χ3n) is 5.02. The molecular formula is C21H20N2O2. The van der Waals surface area contributed by atoms with Crippen LogP contribution >= 0.6 is 0 Å². The molecule has 1 aliphatic rings. The lowest BCUT2D eigenvalue weighted by Crippen LogP contribution is -2.32. The van der Waals surface area contributed by atoms with Gasteiger partial charge in [0.1, 0.15) is 5.69 Å². The van der Waals surface area contributed by atoms with Gasteiger partial charge in [0.2, 0.25) is 0 Å². The van der Waals surface area contributed by atoms with E-state index in [0.29, 0.717) is 35.0 Å². The van der Waals surface area contributed by atoms with Gasteiger partial charge < -0.3 is 9.88 Å². The Bertz CT molecular complexity index is 1020. The largest absolute Gasteiger partial charge is 0.350 e. The highest BCUT2D eigenvalue weighted by Crippen LogP contribution is 2.40. The van der Waals surface area contributed by atoms with Crippen LogP contribution in [0.5, 0.6) is 0 Å². The standard InChI is InChI=1S/C21H20N2O2/c1-13(2)16-12-23(19-10-6-4-7-14(16)19)21(25)18-11-20(24)15-8-3-5-9-17(15)22-18/h3-11,13,16H,12H2,1-2H3,(H,22,24)/t16-/m0/s1. The van der Waals surface area contributed by atoms with Crippen LogP contribution < -0.4 is 10.3 Å². The fourth-order valence-electron chi connectivity index (χ4n) is 3.66. The maximum Gasteiger partial charge on any atom is 0.274 e. The molecule has 2 heterocycles. The summed E-state index contributed by atoms with van der Waals surface area (Å²) >= 11 is 0. The van der Waals surface area contributed by atoms with Gasteiger partial charge in [-0.15, -0.1) is 0 Å². The van der Waals surface area contributed by atoms with Crippen molar-refractivity contribution in [3.8, 4) is 0 Å². The molecule has 4 heteroatoms. The smallest absolute Gasteiger partial charge is 0.274 e. The van der Waals surface area contributed by atoms with E-state index >= 15 is 0 Å². The molecule has 1 amide bonds. The van der Waals surface area contributed by atoms with Crippen molar-refractivity contribution in [1.82, 2.24) is 4.98 Å². The topological polar surface area (TPSA) is 53.2 Å². The number of anilines is 1. The number of hydrogen-bond acceptors (Lipinski definition) is 2. The van der Waals surface area contributed by atoms with Crippen LogP contribution in [0.15, 0.2) is 59.4 Å². The predicted molar refractivity (Wildman–Crippen MR) is 100 cm³/mol. The van der Waals surface area contributed by atoms with Crippen molar-refractivity contribution < 1.29 is 4.79 Å². The maximum absolute atomic E-state index is 13.1. The molecular weight excluding hydrogens is 312 g/mol. The van der Waals surface area contributed by atoms with Crippen LogP contribution in [0, 0.1) is 5.92 Å². The SMILES string of the molecule is CC(C)[C@@H]1CN(C(=O)c2cc(=O)c3ccccc3[nH]2)c2ccccc21. The first-order valence-corrected chi connectivity index (χ1v) is 8.59. The summed E-state index contributed by atoms with van der Waals surface area (Å²) in [6.07, 6.45) is 0. The summed E-state index contributed by atoms with van der Waals surface area (Å²) in [6, 6.07) is 16.7. The number of aromatic amines is 1. The highest BCUT2D eigenvalue weighted by Gasteiger charge is 2.34. The van der Waals surface area contributed by atoms with E-state index in [2.05, 4.69) is 24.9 Å². The van der Waals surface area contributed by atoms with Crippen molar-refractivity contribution in [3.63, 3.8) is 0 Å². The highest BCUT2D eigenvalue weighted by molar-refractivity contribution is 6.07. The molecule has 0 fully saturated rings. The van der Waals surface area contributed by atoms with Crippen LogP contribution in [0.4, 0.5) is 5.69 Å². The summed E-state index contributed by atoms with van der Waals surface area (Å²) in [5.74, 6) is 0.598. The Balaban J connectivity index is 1.78. The minimum absolute atomic E-state index is 0.134. The number of carbonyl (C=O) groups excluding carboxylic acids is 1. The van der Waals surface area contributed by atoms with Gasteiger partial charge in [-0.25, -0.2) is 0 Å². The number of benzene rings is 2. The second-order valence-electron chi connectivity index (χ2n) is 6.92. The lowest BCUT2D eigenvalue weighted by molar-refractivity contribution is 0.0983. The Kier molecular flexibility index (Phi) is 3.68. The van der Waals surface area contributed by atoms with Crippen LogP contribution in [0.25, 0.3) is 10.9 Å². The lowest BCUT2D eigenvalue weighted by Gasteiger charge is -2.19. The molecule has 1 aliphatic heterocycles. The average molecular weight is 332 g/mol. The molecule has 0 radical (unpaired) electrons. The first-order valence-electron chi connectivity index (χ1n) is 8.59. The average Bonchev–Trinajstić information content (AvgIpc) is 3.01. The Labute approximate surface area is 146 Å². The van der Waals surface area contributed by atoms with Gasteiger partial charge in [0.15, 0.2) is 5.43 Å². The van der Waals surface area contributed by atoms with Gasteiger partial charge in [0.25, 0.3) is 5.91 Å². The number of carbonyl (C=O) groups is 1. The molecule has 2 aromatic carbocycles. The van der Waals surface area contributed by atoms with E-state index < -0.39 is 0 Å². The molecule has 0 saturated heterocycles. The summed E-state index contributed by atoms with van der Waals surface area (Å²) in [7, 11) is 0. The third kappa shape index (κ3) is 2.54. The second-order valence-corrected chi connectivity index (χ2v) is 6.92. The normalized spacial score (nSPS) is 16.4. The Hall–Kier alpha value is -2.88. The van der Waals surface area contributed by atoms with Crippen molar-refractivity contribution in [1.29, 1.82) is 0 Å². The van der Waals surface area contributed by atoms with Crippen LogP contribution in [-0.4, -0.2) is 17.4 Å². The Morgan fingerprint density at radius 2 is 1.84 bits per heavy atom. The summed E-state index contributed by atoms with van der Waals surface area (Å²) in [6.45, 7) is 4.99. The van der Waals surface area contributed by atoms with Crippen LogP contribution in [0.3, 0.4) is 0 Å². The minimum Gasteiger partial charge on any atom is -0.350 e. The Morgan fingerprint density at radius 1 is 1.12 bits per heavy atom. The van der Waals surface area contributed by atoms with Gasteiger partial charge in [-0.1, -0.05) is 44.2 Å². The summed E-state index contributed by atoms with van der Waals surface area (Å²) in [5, 5.41) is 0.598. The van der Waals surface area contributed by atoms with Crippen LogP contribution in [0.1, 0.15) is 35.8 Å². The number of hydrogen-bond donors (Lipinski definition) is 1. The van der Waals surface area contributed by atoms with Gasteiger partial charge in [-0.2, -0.15) is 0 Å². The Morgan fingerprint density at radius 3 is 2.64 bits per heavy atom. The fourth-order valence-corrected chi connectivity index (χ4v) is 3.66. The number of H-pyrrole nitrogens is 1. The zero-order valence-electron chi connectivity index (χ0n) is 14.3. The molecule has 0 aliphatic carbocycles. The van der Waals surface area contributed by atoms with E-state index in [4.69, 9.17) is 0 Å². The fraction of sp³-hybridized carbons (Fsp3) is 0.238. The van der Waals surface area contributed by atoms with Crippen molar-refractivity contribution in [2.75, 3.05) is 11.4 Å². The van der Waals surface area contributed by atoms with E-state index in [1.165, 1.54) is 11.6 Å². The van der Waals surface area contributed by atoms with Gasteiger partial charge >= 0.3 is 0 Å². The third-order valence-corrected chi connectivity index (χ3v) is 5.02.